The predicted molar refractivity (Wildman–Crippen MR) is 145 cm³/mol. The predicted octanol–water partition coefficient (Wildman–Crippen LogP) is 3.63. The van der Waals surface area contributed by atoms with Gasteiger partial charge in [-0.2, -0.15) is 5.10 Å². The van der Waals surface area contributed by atoms with E-state index >= 15 is 0 Å². The van der Waals surface area contributed by atoms with Crippen molar-refractivity contribution in [3.8, 4) is 17.2 Å². The Morgan fingerprint density at radius 3 is 2.64 bits per heavy atom. The van der Waals surface area contributed by atoms with Gasteiger partial charge in [0, 0.05) is 16.3 Å². The van der Waals surface area contributed by atoms with Gasteiger partial charge in [0.2, 0.25) is 0 Å². The Hall–Kier alpha value is -4.51. The van der Waals surface area contributed by atoms with Crippen LogP contribution in [0.5, 0.6) is 17.2 Å². The van der Waals surface area contributed by atoms with E-state index in [4.69, 9.17) is 30.5 Å². The first-order valence-electron chi connectivity index (χ1n) is 11.9. The average Bonchev–Trinajstić information content (AvgIpc) is 2.91. The van der Waals surface area contributed by atoms with Crippen LogP contribution in [-0.2, 0) is 14.3 Å². The monoisotopic (exact) mass is 556 g/mol. The van der Waals surface area contributed by atoms with Crippen molar-refractivity contribution in [1.29, 1.82) is 0 Å². The molecule has 1 heterocycles. The highest BCUT2D eigenvalue weighted by molar-refractivity contribution is 6.30. The molecule has 0 fully saturated rings. The molecule has 0 bridgehead atoms. The van der Waals surface area contributed by atoms with E-state index in [1.54, 1.807) is 56.3 Å². The Kier molecular flexibility index (Phi) is 10.3. The number of amides is 3. The molecule has 1 atom stereocenters. The van der Waals surface area contributed by atoms with Crippen molar-refractivity contribution >= 4 is 35.7 Å². The summed E-state index contributed by atoms with van der Waals surface area (Å²) >= 11 is 6.05. The number of ether oxygens (including phenoxy) is 4. The van der Waals surface area contributed by atoms with Crippen molar-refractivity contribution in [1.82, 2.24) is 16.1 Å². The lowest BCUT2D eigenvalue weighted by Crippen LogP contribution is -2.45. The molecule has 0 aliphatic carbocycles. The summed E-state index contributed by atoms with van der Waals surface area (Å²) in [7, 11) is 1.43. The van der Waals surface area contributed by atoms with Crippen molar-refractivity contribution in [3.63, 3.8) is 0 Å². The molecule has 0 radical (unpaired) electrons. The standard InChI is InChI=1S/C27H29ClN4O7/c1-5-11-38-20-10-8-19(28)12-18(20)14-29-32-23(33)15-39-21-9-7-17(13-22(21)36-4)25-24(26(34)37-6-2)16(3)30-27(35)31-25/h5,7-10,12-14,25H,1,6,11,15H2,2-4H3,(H,32,33)(H2,30,31,35)/b29-14+/t25-/m1/s1. The van der Waals surface area contributed by atoms with Gasteiger partial charge in [-0.15, -0.1) is 0 Å². The Bertz CT molecular complexity index is 1310. The minimum Gasteiger partial charge on any atom is -0.493 e. The van der Waals surface area contributed by atoms with Crippen LogP contribution in [0.15, 0.2) is 65.4 Å². The molecule has 2 aromatic carbocycles. The van der Waals surface area contributed by atoms with Gasteiger partial charge in [-0.05, 0) is 49.7 Å². The number of urea groups is 1. The van der Waals surface area contributed by atoms with Gasteiger partial charge in [0.05, 0.1) is 31.5 Å². The van der Waals surface area contributed by atoms with E-state index in [2.05, 4.69) is 27.7 Å². The van der Waals surface area contributed by atoms with E-state index in [0.29, 0.717) is 40.0 Å². The summed E-state index contributed by atoms with van der Waals surface area (Å²) in [6.07, 6.45) is 3.01. The van der Waals surface area contributed by atoms with Crippen molar-refractivity contribution in [2.45, 2.75) is 19.9 Å². The fraction of sp³-hybridized carbons (Fsp3) is 0.259. The summed E-state index contributed by atoms with van der Waals surface area (Å²) in [5.74, 6) is 0.0109. The van der Waals surface area contributed by atoms with Crippen LogP contribution in [-0.4, -0.2) is 51.1 Å². The molecule has 0 spiro atoms. The number of carbonyl (C=O) groups is 3. The zero-order valence-corrected chi connectivity index (χ0v) is 22.5. The maximum atomic E-state index is 12.6. The normalized spacial score (nSPS) is 14.8. The summed E-state index contributed by atoms with van der Waals surface area (Å²) in [5.41, 5.74) is 4.16. The molecule has 1 aliphatic heterocycles. The fourth-order valence-electron chi connectivity index (χ4n) is 3.66. The second-order valence-corrected chi connectivity index (χ2v) is 8.50. The number of hydrogen-bond donors (Lipinski definition) is 3. The van der Waals surface area contributed by atoms with E-state index in [-0.39, 0.29) is 24.5 Å². The number of hydrogen-bond acceptors (Lipinski definition) is 8. The first kappa shape index (κ1) is 29.1. The third kappa shape index (κ3) is 7.74. The Morgan fingerprint density at radius 2 is 1.92 bits per heavy atom. The van der Waals surface area contributed by atoms with Crippen molar-refractivity contribution in [2.75, 3.05) is 26.9 Å². The van der Waals surface area contributed by atoms with E-state index < -0.39 is 23.9 Å². The molecule has 12 heteroatoms. The van der Waals surface area contributed by atoms with Crippen molar-refractivity contribution in [3.05, 3.63) is 76.5 Å². The lowest BCUT2D eigenvalue weighted by molar-refractivity contribution is -0.139. The number of hydrazone groups is 1. The molecule has 0 saturated carbocycles. The molecule has 1 aliphatic rings. The maximum absolute atomic E-state index is 12.6. The molecule has 0 aromatic heterocycles. The number of methoxy groups -OCH3 is 1. The first-order valence-corrected chi connectivity index (χ1v) is 12.3. The van der Waals surface area contributed by atoms with Crippen molar-refractivity contribution < 1.29 is 33.3 Å². The molecule has 2 aromatic rings. The number of halogens is 1. The SMILES string of the molecule is C=CCOc1ccc(Cl)cc1/C=N/NC(=O)COc1ccc([C@H]2NC(=O)NC(C)=C2C(=O)OCC)cc1OC. The largest absolute Gasteiger partial charge is 0.493 e. The number of allylic oxidation sites excluding steroid dienone is 1. The number of carbonyl (C=O) groups excluding carboxylic acids is 3. The summed E-state index contributed by atoms with van der Waals surface area (Å²) in [5, 5.41) is 9.73. The third-order valence-electron chi connectivity index (χ3n) is 5.37. The summed E-state index contributed by atoms with van der Waals surface area (Å²) < 4.78 is 21.7. The number of nitrogens with one attached hydrogen (secondary N) is 3. The lowest BCUT2D eigenvalue weighted by atomic mass is 9.95. The van der Waals surface area contributed by atoms with E-state index in [0.717, 1.165) is 0 Å². The zero-order valence-electron chi connectivity index (χ0n) is 21.7. The molecule has 3 amide bonds. The third-order valence-corrected chi connectivity index (χ3v) is 5.60. The highest BCUT2D eigenvalue weighted by Crippen LogP contribution is 2.34. The van der Waals surface area contributed by atoms with Gasteiger partial charge in [0.1, 0.15) is 12.4 Å². The van der Waals surface area contributed by atoms with Crippen LogP contribution in [0.3, 0.4) is 0 Å². The van der Waals surface area contributed by atoms with Crippen LogP contribution in [0, 0.1) is 0 Å². The van der Waals surface area contributed by atoms with Gasteiger partial charge in [-0.1, -0.05) is 30.3 Å². The van der Waals surface area contributed by atoms with Gasteiger partial charge in [0.25, 0.3) is 5.91 Å². The second kappa shape index (κ2) is 13.9. The lowest BCUT2D eigenvalue weighted by Gasteiger charge is -2.28. The molecular formula is C27H29ClN4O7. The highest BCUT2D eigenvalue weighted by atomic mass is 35.5. The van der Waals surface area contributed by atoms with Crippen LogP contribution in [0.2, 0.25) is 5.02 Å². The molecule has 0 saturated heterocycles. The average molecular weight is 557 g/mol. The summed E-state index contributed by atoms with van der Waals surface area (Å²) in [6, 6.07) is 8.62. The van der Waals surface area contributed by atoms with Crippen LogP contribution in [0.25, 0.3) is 0 Å². The molecule has 39 heavy (non-hydrogen) atoms. The summed E-state index contributed by atoms with van der Waals surface area (Å²) in [6.45, 7) is 7.05. The van der Waals surface area contributed by atoms with E-state index in [1.807, 2.05) is 0 Å². The van der Waals surface area contributed by atoms with E-state index in [9.17, 15) is 14.4 Å². The maximum Gasteiger partial charge on any atom is 0.338 e. The molecule has 3 rings (SSSR count). The zero-order chi connectivity index (χ0) is 28.4. The quantitative estimate of drug-likeness (QED) is 0.157. The molecule has 206 valence electrons. The second-order valence-electron chi connectivity index (χ2n) is 8.06. The van der Waals surface area contributed by atoms with Gasteiger partial charge in [-0.3, -0.25) is 4.79 Å². The van der Waals surface area contributed by atoms with Gasteiger partial charge >= 0.3 is 12.0 Å². The molecular weight excluding hydrogens is 528 g/mol. The van der Waals surface area contributed by atoms with Crippen LogP contribution >= 0.6 is 11.6 Å². The Balaban J connectivity index is 1.68. The van der Waals surface area contributed by atoms with Crippen molar-refractivity contribution in [2.24, 2.45) is 5.10 Å². The number of benzene rings is 2. The van der Waals surface area contributed by atoms with Crippen LogP contribution in [0.1, 0.15) is 31.0 Å². The van der Waals surface area contributed by atoms with Gasteiger partial charge in [-0.25, -0.2) is 15.0 Å². The van der Waals surface area contributed by atoms with Gasteiger partial charge < -0.3 is 29.6 Å². The van der Waals surface area contributed by atoms with Gasteiger partial charge in [0.15, 0.2) is 18.1 Å². The number of rotatable bonds is 12. The fourth-order valence-corrected chi connectivity index (χ4v) is 3.84. The first-order chi connectivity index (χ1) is 18.8. The Morgan fingerprint density at radius 1 is 1.15 bits per heavy atom. The van der Waals surface area contributed by atoms with Crippen LogP contribution < -0.4 is 30.3 Å². The summed E-state index contributed by atoms with van der Waals surface area (Å²) in [4.78, 5) is 37.0. The molecule has 11 nitrogen and oxygen atoms in total. The molecule has 0 unspecified atom stereocenters. The topological polar surface area (TPSA) is 137 Å². The highest BCUT2D eigenvalue weighted by Gasteiger charge is 2.32. The smallest absolute Gasteiger partial charge is 0.338 e. The van der Waals surface area contributed by atoms with E-state index in [1.165, 1.54) is 13.3 Å². The molecule has 3 N–H and O–H groups in total. The minimum atomic E-state index is -0.773. The Labute approximate surface area is 230 Å². The van der Waals surface area contributed by atoms with Crippen LogP contribution in [0.4, 0.5) is 4.79 Å². The number of esters is 1. The minimum absolute atomic E-state index is 0.182. The number of nitrogens with zero attached hydrogens (tertiary/aromatic N) is 1.